The van der Waals surface area contributed by atoms with E-state index < -0.39 is 44.5 Å². The van der Waals surface area contributed by atoms with Gasteiger partial charge >= 0.3 is 5.97 Å². The van der Waals surface area contributed by atoms with Gasteiger partial charge in [0.25, 0.3) is 11.4 Å². The minimum absolute atomic E-state index is 0.0709. The highest BCUT2D eigenvalue weighted by molar-refractivity contribution is 8.00. The molecule has 1 fully saturated rings. The molecular weight excluding hydrogens is 380 g/mol. The smallest absolute Gasteiger partial charge is 0.352 e. The molecule has 2 aliphatic heterocycles. The highest BCUT2D eigenvalue weighted by Crippen LogP contribution is 2.40. The first-order chi connectivity index (χ1) is 12.7. The number of thioether (sulfide) groups is 1. The maximum Gasteiger partial charge on any atom is 0.352 e. The lowest BCUT2D eigenvalue weighted by molar-refractivity contribution is -0.394. The van der Waals surface area contributed by atoms with Gasteiger partial charge in [0.1, 0.15) is 17.1 Å². The molecule has 3 N–H and O–H groups in total. The van der Waals surface area contributed by atoms with E-state index in [0.717, 1.165) is 17.0 Å². The number of amides is 1. The number of carbonyl (C=O) groups excluding carboxylic acids is 1. The Morgan fingerprint density at radius 2 is 2.00 bits per heavy atom. The van der Waals surface area contributed by atoms with Crippen molar-refractivity contribution in [3.05, 3.63) is 61.3 Å². The summed E-state index contributed by atoms with van der Waals surface area (Å²) in [5.41, 5.74) is 4.89. The Hall–Kier alpha value is -3.25. The Kier molecular flexibility index (Phi) is 4.68. The SMILES string of the molecule is N[C@@H]1C(=O)N2C(C(=O)O)=C(/C=C/c3ccc([N+](=O)[O-])cc3[N+](=O)[O-])CS[C@H]12. The van der Waals surface area contributed by atoms with Gasteiger partial charge < -0.3 is 10.8 Å². The van der Waals surface area contributed by atoms with Crippen LogP contribution in [-0.2, 0) is 9.59 Å². The summed E-state index contributed by atoms with van der Waals surface area (Å²) in [7, 11) is 0. The van der Waals surface area contributed by atoms with E-state index in [2.05, 4.69) is 0 Å². The second-order valence-electron chi connectivity index (χ2n) is 5.71. The van der Waals surface area contributed by atoms with Gasteiger partial charge in [-0.25, -0.2) is 4.79 Å². The van der Waals surface area contributed by atoms with Crippen LogP contribution in [0.15, 0.2) is 35.5 Å². The molecule has 1 saturated heterocycles. The van der Waals surface area contributed by atoms with Crippen molar-refractivity contribution < 1.29 is 24.5 Å². The number of hydrogen-bond acceptors (Lipinski definition) is 8. The molecule has 0 unspecified atom stereocenters. The number of aliphatic carboxylic acids is 1. The number of fused-ring (bicyclic) bond motifs is 1. The standard InChI is InChI=1S/C15H12N4O7S/c16-11-13(20)17-12(15(21)22)8(6-27-14(11)17)2-1-7-3-4-9(18(23)24)5-10(7)19(25)26/h1-5,11,14H,6,16H2,(H,21,22)/b2-1+/t11-,14-/m1/s1. The first kappa shape index (κ1) is 18.5. The van der Waals surface area contributed by atoms with Crippen LogP contribution in [0.1, 0.15) is 5.56 Å². The molecule has 1 aromatic carbocycles. The number of allylic oxidation sites excluding steroid dienone is 1. The third-order valence-corrected chi connectivity index (χ3v) is 5.45. The van der Waals surface area contributed by atoms with Gasteiger partial charge in [-0.2, -0.15) is 0 Å². The number of nitro benzene ring substituents is 2. The molecular formula is C15H12N4O7S. The number of carbonyl (C=O) groups is 2. The van der Waals surface area contributed by atoms with Crippen LogP contribution in [0.5, 0.6) is 0 Å². The van der Waals surface area contributed by atoms with Gasteiger partial charge in [-0.05, 0) is 17.7 Å². The molecule has 0 saturated carbocycles. The predicted molar refractivity (Wildman–Crippen MR) is 94.5 cm³/mol. The summed E-state index contributed by atoms with van der Waals surface area (Å²) in [5.74, 6) is -1.56. The Bertz CT molecular complexity index is 942. The van der Waals surface area contributed by atoms with Crippen molar-refractivity contribution in [2.24, 2.45) is 5.73 Å². The molecule has 0 radical (unpaired) electrons. The van der Waals surface area contributed by atoms with Crippen molar-refractivity contribution in [2.75, 3.05) is 5.75 Å². The van der Waals surface area contributed by atoms with E-state index in [0.29, 0.717) is 0 Å². The Labute approximate surface area is 155 Å². The number of rotatable bonds is 5. The predicted octanol–water partition coefficient (Wildman–Crippen LogP) is 1.10. The quantitative estimate of drug-likeness (QED) is 0.423. The fourth-order valence-electron chi connectivity index (χ4n) is 2.80. The third-order valence-electron chi connectivity index (χ3n) is 4.13. The molecule has 0 aromatic heterocycles. The summed E-state index contributed by atoms with van der Waals surface area (Å²) in [6.07, 6.45) is 2.66. The minimum atomic E-state index is -1.31. The number of nitrogens with zero attached hydrogens (tertiary/aromatic N) is 3. The molecule has 2 heterocycles. The lowest BCUT2D eigenvalue weighted by atomic mass is 10.0. The number of benzene rings is 1. The number of nitrogens with two attached hydrogens (primary N) is 1. The second-order valence-corrected chi connectivity index (χ2v) is 6.81. The molecule has 2 atom stereocenters. The molecule has 11 nitrogen and oxygen atoms in total. The fraction of sp³-hybridized carbons (Fsp3) is 0.200. The summed E-state index contributed by atoms with van der Waals surface area (Å²) in [5, 5.41) is 31.0. The van der Waals surface area contributed by atoms with Gasteiger partial charge in [0.15, 0.2) is 0 Å². The largest absolute Gasteiger partial charge is 0.477 e. The number of β-lactam (4-membered cyclic amide) rings is 1. The maximum absolute atomic E-state index is 11.9. The zero-order valence-electron chi connectivity index (χ0n) is 13.5. The average Bonchev–Trinajstić information content (AvgIpc) is 2.64. The zero-order valence-corrected chi connectivity index (χ0v) is 14.3. The molecule has 1 amide bonds. The molecule has 140 valence electrons. The van der Waals surface area contributed by atoms with Crippen molar-refractivity contribution in [3.8, 4) is 0 Å². The van der Waals surface area contributed by atoms with Crippen molar-refractivity contribution in [1.29, 1.82) is 0 Å². The number of carboxylic acid groups (broad SMARTS) is 1. The van der Waals surface area contributed by atoms with Crippen LogP contribution in [0.3, 0.4) is 0 Å². The van der Waals surface area contributed by atoms with Gasteiger partial charge in [-0.1, -0.05) is 6.08 Å². The molecule has 0 spiro atoms. The van der Waals surface area contributed by atoms with E-state index >= 15 is 0 Å². The summed E-state index contributed by atoms with van der Waals surface area (Å²) in [6.45, 7) is 0. The van der Waals surface area contributed by atoms with Gasteiger partial charge in [0, 0.05) is 11.8 Å². The highest BCUT2D eigenvalue weighted by atomic mass is 32.2. The van der Waals surface area contributed by atoms with Crippen LogP contribution in [0.2, 0.25) is 0 Å². The normalized spacial score (nSPS) is 21.8. The lowest BCUT2D eigenvalue weighted by Crippen LogP contribution is -2.68. The average molecular weight is 392 g/mol. The van der Waals surface area contributed by atoms with E-state index in [9.17, 15) is 34.9 Å². The van der Waals surface area contributed by atoms with E-state index in [1.165, 1.54) is 30.0 Å². The monoisotopic (exact) mass is 392 g/mol. The Morgan fingerprint density at radius 1 is 1.30 bits per heavy atom. The number of hydrogen-bond donors (Lipinski definition) is 2. The molecule has 0 aliphatic carbocycles. The van der Waals surface area contributed by atoms with E-state index in [1.807, 2.05) is 0 Å². The van der Waals surface area contributed by atoms with Crippen LogP contribution >= 0.6 is 11.8 Å². The first-order valence-electron chi connectivity index (χ1n) is 7.50. The summed E-state index contributed by atoms with van der Waals surface area (Å²) in [4.78, 5) is 45.0. The summed E-state index contributed by atoms with van der Waals surface area (Å²) in [6, 6.07) is 2.39. The van der Waals surface area contributed by atoms with Gasteiger partial charge in [-0.15, -0.1) is 11.8 Å². The lowest BCUT2D eigenvalue weighted by Gasteiger charge is -2.47. The van der Waals surface area contributed by atoms with Crippen LogP contribution in [0.4, 0.5) is 11.4 Å². The third kappa shape index (κ3) is 3.15. The van der Waals surface area contributed by atoms with Crippen LogP contribution in [0.25, 0.3) is 6.08 Å². The summed E-state index contributed by atoms with van der Waals surface area (Å²) < 4.78 is 0. The molecule has 27 heavy (non-hydrogen) atoms. The number of nitro groups is 2. The zero-order chi connectivity index (χ0) is 19.9. The van der Waals surface area contributed by atoms with Crippen molar-refractivity contribution in [1.82, 2.24) is 4.90 Å². The van der Waals surface area contributed by atoms with Crippen LogP contribution in [0, 0.1) is 20.2 Å². The van der Waals surface area contributed by atoms with Gasteiger partial charge in [-0.3, -0.25) is 29.9 Å². The first-order valence-corrected chi connectivity index (χ1v) is 8.55. The van der Waals surface area contributed by atoms with Gasteiger partial charge in [0.05, 0.1) is 21.5 Å². The van der Waals surface area contributed by atoms with Gasteiger partial charge in [0.2, 0.25) is 5.91 Å². The molecule has 1 aromatic rings. The van der Waals surface area contributed by atoms with Crippen molar-refractivity contribution in [2.45, 2.75) is 11.4 Å². The number of carboxylic acids is 1. The van der Waals surface area contributed by atoms with Crippen molar-refractivity contribution >= 4 is 41.1 Å². The molecule has 3 rings (SSSR count). The van der Waals surface area contributed by atoms with Crippen molar-refractivity contribution in [3.63, 3.8) is 0 Å². The second kappa shape index (κ2) is 6.81. The highest BCUT2D eigenvalue weighted by Gasteiger charge is 2.51. The molecule has 2 aliphatic rings. The van der Waals surface area contributed by atoms with Crippen LogP contribution in [-0.4, -0.2) is 48.9 Å². The molecule has 0 bridgehead atoms. The Morgan fingerprint density at radius 3 is 2.59 bits per heavy atom. The maximum atomic E-state index is 11.9. The van der Waals surface area contributed by atoms with E-state index in [1.54, 1.807) is 0 Å². The van der Waals surface area contributed by atoms with Crippen LogP contribution < -0.4 is 5.73 Å². The minimum Gasteiger partial charge on any atom is -0.477 e. The number of non-ortho nitro benzene ring substituents is 1. The van der Waals surface area contributed by atoms with E-state index in [-0.39, 0.29) is 22.6 Å². The topological polar surface area (TPSA) is 170 Å². The van der Waals surface area contributed by atoms with E-state index in [4.69, 9.17) is 5.73 Å². The molecule has 12 heteroatoms. The fourth-order valence-corrected chi connectivity index (χ4v) is 4.07. The Balaban J connectivity index is 2.00. The summed E-state index contributed by atoms with van der Waals surface area (Å²) >= 11 is 1.29.